The largest absolute Gasteiger partial charge is 0.352 e. The number of hydrogen-bond acceptors (Lipinski definition) is 3. The van der Waals surface area contributed by atoms with E-state index in [2.05, 4.69) is 5.32 Å². The highest BCUT2D eigenvalue weighted by atomic mass is 32.2. The Kier molecular flexibility index (Phi) is 8.70. The van der Waals surface area contributed by atoms with E-state index in [4.69, 9.17) is 0 Å². The highest BCUT2D eigenvalue weighted by Crippen LogP contribution is 2.21. The molecule has 156 valence electrons. The highest BCUT2D eigenvalue weighted by Gasteiger charge is 2.27. The fourth-order valence-electron chi connectivity index (χ4n) is 2.72. The molecule has 0 aliphatic rings. The van der Waals surface area contributed by atoms with Gasteiger partial charge in [-0.25, -0.2) is 4.39 Å². The zero-order valence-corrected chi connectivity index (χ0v) is 18.3. The van der Waals surface area contributed by atoms with E-state index in [-0.39, 0.29) is 36.0 Å². The molecule has 1 N–H and O–H groups in total. The van der Waals surface area contributed by atoms with Gasteiger partial charge in [-0.05, 0) is 45.4 Å². The molecule has 29 heavy (non-hydrogen) atoms. The second-order valence-corrected chi connectivity index (χ2v) is 8.26. The lowest BCUT2D eigenvalue weighted by atomic mass is 10.1. The number of thioether (sulfide) groups is 1. The molecule has 2 aromatic rings. The van der Waals surface area contributed by atoms with E-state index >= 15 is 0 Å². The van der Waals surface area contributed by atoms with Crippen molar-refractivity contribution in [1.29, 1.82) is 0 Å². The molecule has 0 fully saturated rings. The Morgan fingerprint density at radius 2 is 1.76 bits per heavy atom. The maximum atomic E-state index is 14.2. The minimum Gasteiger partial charge on any atom is -0.352 e. The van der Waals surface area contributed by atoms with Crippen LogP contribution in [0.2, 0.25) is 0 Å². The number of carbonyl (C=O) groups is 2. The maximum absolute atomic E-state index is 14.2. The van der Waals surface area contributed by atoms with Crippen LogP contribution >= 0.6 is 11.8 Å². The first-order chi connectivity index (χ1) is 13.8. The van der Waals surface area contributed by atoms with Crippen LogP contribution in [0.1, 0.15) is 38.3 Å². The number of nitrogens with one attached hydrogen (secondary N) is 1. The molecule has 2 aromatic carbocycles. The van der Waals surface area contributed by atoms with Crippen molar-refractivity contribution in [3.8, 4) is 0 Å². The summed E-state index contributed by atoms with van der Waals surface area (Å²) in [6, 6.07) is 13.6. The fraction of sp³-hybridized carbons (Fsp3) is 0.391. The van der Waals surface area contributed by atoms with Crippen molar-refractivity contribution in [3.05, 3.63) is 65.5 Å². The monoisotopic (exact) mass is 416 g/mol. The Bertz CT molecular complexity index is 826. The van der Waals surface area contributed by atoms with E-state index in [1.54, 1.807) is 25.1 Å². The van der Waals surface area contributed by atoms with E-state index in [1.807, 2.05) is 45.0 Å². The summed E-state index contributed by atoms with van der Waals surface area (Å²) in [5.74, 6) is -0.639. The zero-order valence-electron chi connectivity index (χ0n) is 17.4. The Balaban J connectivity index is 2.15. The van der Waals surface area contributed by atoms with Crippen molar-refractivity contribution in [2.45, 2.75) is 57.6 Å². The molecule has 0 saturated heterocycles. The number of halogens is 1. The van der Waals surface area contributed by atoms with E-state index in [1.165, 1.54) is 22.7 Å². The summed E-state index contributed by atoms with van der Waals surface area (Å²) in [6.07, 6.45) is 0.795. The van der Waals surface area contributed by atoms with Gasteiger partial charge in [-0.1, -0.05) is 42.8 Å². The highest BCUT2D eigenvalue weighted by molar-refractivity contribution is 8.00. The van der Waals surface area contributed by atoms with Crippen molar-refractivity contribution < 1.29 is 14.0 Å². The summed E-state index contributed by atoms with van der Waals surface area (Å²) in [5.41, 5.74) is 1.54. The van der Waals surface area contributed by atoms with Crippen LogP contribution in [0.3, 0.4) is 0 Å². The molecule has 0 aliphatic carbocycles. The number of amides is 2. The lowest BCUT2D eigenvalue weighted by Gasteiger charge is -2.29. The van der Waals surface area contributed by atoms with Gasteiger partial charge in [0.15, 0.2) is 0 Å². The van der Waals surface area contributed by atoms with Crippen molar-refractivity contribution in [3.63, 3.8) is 0 Å². The average Bonchev–Trinajstić information content (AvgIpc) is 2.71. The van der Waals surface area contributed by atoms with Gasteiger partial charge in [0.1, 0.15) is 11.9 Å². The number of aryl methyl sites for hydroxylation is 1. The second-order valence-electron chi connectivity index (χ2n) is 7.21. The molecule has 0 unspecified atom stereocenters. The Labute approximate surface area is 176 Å². The Morgan fingerprint density at radius 1 is 1.10 bits per heavy atom. The van der Waals surface area contributed by atoms with Crippen LogP contribution in [0.4, 0.5) is 4.39 Å². The van der Waals surface area contributed by atoms with Gasteiger partial charge in [0, 0.05) is 23.0 Å². The van der Waals surface area contributed by atoms with Gasteiger partial charge in [0.2, 0.25) is 11.8 Å². The van der Waals surface area contributed by atoms with Crippen LogP contribution in [0, 0.1) is 12.7 Å². The first-order valence-electron chi connectivity index (χ1n) is 9.84. The maximum Gasteiger partial charge on any atom is 0.242 e. The molecule has 0 radical (unpaired) electrons. The van der Waals surface area contributed by atoms with E-state index in [9.17, 15) is 14.0 Å². The lowest BCUT2D eigenvalue weighted by Crippen LogP contribution is -2.50. The number of rotatable bonds is 9. The summed E-state index contributed by atoms with van der Waals surface area (Å²) in [6.45, 7) is 7.65. The standard InChI is InChI=1S/C23H29FN2O2S/c1-5-17(3)25-23(28)18(4)26(14-19-8-6-7-9-21(19)24)22(27)15-29-20-12-10-16(2)11-13-20/h6-13,17-18H,5,14-15H2,1-4H3,(H,25,28)/t17-,18-/m1/s1. The quantitative estimate of drug-likeness (QED) is 0.610. The first kappa shape index (κ1) is 22.9. The summed E-state index contributed by atoms with van der Waals surface area (Å²) < 4.78 is 14.2. The molecule has 0 saturated carbocycles. The van der Waals surface area contributed by atoms with Gasteiger partial charge in [0.25, 0.3) is 0 Å². The van der Waals surface area contributed by atoms with Crippen LogP contribution in [0.5, 0.6) is 0 Å². The Morgan fingerprint density at radius 3 is 2.38 bits per heavy atom. The first-order valence-corrected chi connectivity index (χ1v) is 10.8. The third-order valence-corrected chi connectivity index (χ3v) is 5.85. The molecule has 0 aliphatic heterocycles. The minimum absolute atomic E-state index is 0.0114. The van der Waals surface area contributed by atoms with Crippen LogP contribution in [-0.4, -0.2) is 34.6 Å². The molecule has 0 heterocycles. The van der Waals surface area contributed by atoms with Crippen LogP contribution in [0.25, 0.3) is 0 Å². The van der Waals surface area contributed by atoms with Gasteiger partial charge in [0.05, 0.1) is 5.75 Å². The average molecular weight is 417 g/mol. The van der Waals surface area contributed by atoms with Crippen LogP contribution < -0.4 is 5.32 Å². The van der Waals surface area contributed by atoms with Gasteiger partial charge in [-0.2, -0.15) is 0 Å². The summed E-state index contributed by atoms with van der Waals surface area (Å²) in [5, 5.41) is 2.91. The van der Waals surface area contributed by atoms with Crippen molar-refractivity contribution in [1.82, 2.24) is 10.2 Å². The normalized spacial score (nSPS) is 12.9. The molecule has 2 rings (SSSR count). The van der Waals surface area contributed by atoms with Gasteiger partial charge < -0.3 is 10.2 Å². The number of benzene rings is 2. The van der Waals surface area contributed by atoms with Crippen molar-refractivity contribution in [2.24, 2.45) is 0 Å². The minimum atomic E-state index is -0.699. The van der Waals surface area contributed by atoms with Gasteiger partial charge in [-0.3, -0.25) is 9.59 Å². The summed E-state index contributed by atoms with van der Waals surface area (Å²) >= 11 is 1.41. The predicted molar refractivity (Wildman–Crippen MR) is 116 cm³/mol. The lowest BCUT2D eigenvalue weighted by molar-refractivity contribution is -0.139. The molecular formula is C23H29FN2O2S. The molecule has 6 heteroatoms. The number of carbonyl (C=O) groups excluding carboxylic acids is 2. The molecule has 2 atom stereocenters. The van der Waals surface area contributed by atoms with E-state index < -0.39 is 6.04 Å². The molecule has 2 amide bonds. The molecule has 0 spiro atoms. The second kappa shape index (κ2) is 11.0. The van der Waals surface area contributed by atoms with Crippen molar-refractivity contribution in [2.75, 3.05) is 5.75 Å². The zero-order chi connectivity index (χ0) is 21.4. The van der Waals surface area contributed by atoms with Crippen LogP contribution in [-0.2, 0) is 16.1 Å². The van der Waals surface area contributed by atoms with Crippen molar-refractivity contribution >= 4 is 23.6 Å². The predicted octanol–water partition coefficient (Wildman–Crippen LogP) is 4.56. The van der Waals surface area contributed by atoms with E-state index in [0.29, 0.717) is 5.56 Å². The molecule has 0 bridgehead atoms. The molecular weight excluding hydrogens is 387 g/mol. The third-order valence-electron chi connectivity index (χ3n) is 4.85. The number of nitrogens with zero attached hydrogens (tertiary/aromatic N) is 1. The fourth-order valence-corrected chi connectivity index (χ4v) is 3.51. The molecule has 0 aromatic heterocycles. The van der Waals surface area contributed by atoms with Crippen LogP contribution in [0.15, 0.2) is 53.4 Å². The smallest absolute Gasteiger partial charge is 0.242 e. The topological polar surface area (TPSA) is 49.4 Å². The van der Waals surface area contributed by atoms with E-state index in [0.717, 1.165) is 16.9 Å². The molecule has 4 nitrogen and oxygen atoms in total. The SMILES string of the molecule is CC[C@@H](C)NC(=O)[C@@H](C)N(Cc1ccccc1F)C(=O)CSc1ccc(C)cc1. The summed E-state index contributed by atoms with van der Waals surface area (Å²) in [7, 11) is 0. The number of hydrogen-bond donors (Lipinski definition) is 1. The third kappa shape index (κ3) is 6.89. The van der Waals surface area contributed by atoms with Gasteiger partial charge >= 0.3 is 0 Å². The Hall–Kier alpha value is -2.34. The summed E-state index contributed by atoms with van der Waals surface area (Å²) in [4.78, 5) is 28.1. The van der Waals surface area contributed by atoms with Gasteiger partial charge in [-0.15, -0.1) is 11.8 Å².